The quantitative estimate of drug-likeness (QED) is 0.634. The number of rotatable bonds is 2. The zero-order chi connectivity index (χ0) is 12.3. The number of hydrogen-bond acceptors (Lipinski definition) is 1. The van der Waals surface area contributed by atoms with Crippen LogP contribution in [0.2, 0.25) is 0 Å². The monoisotopic (exact) mass is 220 g/mol. The second kappa shape index (κ2) is 4.99. The van der Waals surface area contributed by atoms with Crippen LogP contribution in [0.3, 0.4) is 0 Å². The van der Waals surface area contributed by atoms with Gasteiger partial charge in [-0.3, -0.25) is 4.79 Å². The molecule has 0 aliphatic heterocycles. The molecule has 1 heteroatoms. The third-order valence-corrected chi connectivity index (χ3v) is 3.41. The minimum Gasteiger partial charge on any atom is -0.290 e. The molecule has 0 heterocycles. The molecule has 0 spiro atoms. The molecule has 1 aliphatic carbocycles. The fourth-order valence-corrected chi connectivity index (χ4v) is 2.89. The Balaban J connectivity index is 2.93. The first-order valence-electron chi connectivity index (χ1n) is 6.21. The fraction of sp³-hybridized carbons (Fsp3) is 0.667. The topological polar surface area (TPSA) is 17.1 Å². The normalized spacial score (nSPS) is 28.2. The van der Waals surface area contributed by atoms with E-state index in [9.17, 15) is 4.79 Å². The maximum atomic E-state index is 11.8. The van der Waals surface area contributed by atoms with Crippen molar-refractivity contribution in [3.8, 4) is 0 Å². The number of hydrogen-bond donors (Lipinski definition) is 0. The first-order chi connectivity index (χ1) is 7.35. The Morgan fingerprint density at radius 3 is 2.56 bits per heavy atom. The molecule has 1 nitrogen and oxygen atoms in total. The highest BCUT2D eigenvalue weighted by atomic mass is 16.1. The lowest BCUT2D eigenvalue weighted by Gasteiger charge is -2.36. The van der Waals surface area contributed by atoms with Crippen LogP contribution in [-0.2, 0) is 4.79 Å². The smallest absolute Gasteiger partial charge is 0.181 e. The lowest BCUT2D eigenvalue weighted by atomic mass is 9.69. The van der Waals surface area contributed by atoms with Crippen LogP contribution in [0.4, 0.5) is 0 Å². The molecule has 1 saturated carbocycles. The van der Waals surface area contributed by atoms with Crippen molar-refractivity contribution in [2.75, 3.05) is 0 Å². The summed E-state index contributed by atoms with van der Waals surface area (Å²) in [4.78, 5) is 11.8. The van der Waals surface area contributed by atoms with Gasteiger partial charge < -0.3 is 0 Å². The summed E-state index contributed by atoms with van der Waals surface area (Å²) in [6.07, 6.45) is 6.94. The van der Waals surface area contributed by atoms with E-state index >= 15 is 0 Å². The molecule has 0 bridgehead atoms. The van der Waals surface area contributed by atoms with Crippen molar-refractivity contribution < 1.29 is 4.79 Å². The van der Waals surface area contributed by atoms with Crippen molar-refractivity contribution in [1.82, 2.24) is 0 Å². The van der Waals surface area contributed by atoms with E-state index in [1.54, 1.807) is 6.08 Å². The lowest BCUT2D eigenvalue weighted by molar-refractivity contribution is -0.111. The lowest BCUT2D eigenvalue weighted by Crippen LogP contribution is -2.24. The molecular weight excluding hydrogens is 196 g/mol. The van der Waals surface area contributed by atoms with E-state index in [0.29, 0.717) is 11.3 Å². The summed E-state index contributed by atoms with van der Waals surface area (Å²) < 4.78 is 0. The summed E-state index contributed by atoms with van der Waals surface area (Å²) in [5.74, 6) is 0.884. The van der Waals surface area contributed by atoms with Gasteiger partial charge in [0.1, 0.15) is 0 Å². The first-order valence-corrected chi connectivity index (χ1v) is 6.21. The predicted molar refractivity (Wildman–Crippen MR) is 69.3 cm³/mol. The number of carbonyl (C=O) groups is 1. The van der Waals surface area contributed by atoms with Crippen LogP contribution in [-0.4, -0.2) is 5.78 Å². The van der Waals surface area contributed by atoms with Crippen LogP contribution in [0.1, 0.15) is 53.9 Å². The van der Waals surface area contributed by atoms with Gasteiger partial charge in [0.15, 0.2) is 5.78 Å². The molecule has 0 N–H and O–H groups in total. The molecule has 1 atom stereocenters. The molecule has 0 radical (unpaired) electrons. The highest BCUT2D eigenvalue weighted by molar-refractivity contribution is 6.04. The molecule has 1 aliphatic rings. The largest absolute Gasteiger partial charge is 0.290 e. The molecule has 1 fully saturated rings. The zero-order valence-electron chi connectivity index (χ0n) is 11.3. The molecule has 90 valence electrons. The summed E-state index contributed by atoms with van der Waals surface area (Å²) >= 11 is 0. The molecule has 0 aromatic rings. The van der Waals surface area contributed by atoms with Gasteiger partial charge in [0.05, 0.1) is 0 Å². The van der Waals surface area contributed by atoms with Crippen LogP contribution in [0.5, 0.6) is 0 Å². The van der Waals surface area contributed by atoms with Crippen LogP contribution in [0.15, 0.2) is 23.3 Å². The molecule has 1 unspecified atom stereocenters. The molecule has 0 saturated heterocycles. The maximum Gasteiger partial charge on any atom is 0.181 e. The van der Waals surface area contributed by atoms with Gasteiger partial charge in [-0.15, -0.1) is 0 Å². The second-order valence-electron chi connectivity index (χ2n) is 5.95. The standard InChI is InChI=1S/C15H24O/c1-6-7-14(16)12(3)13-8-11(2)9-15(4,5)10-13/h6-7,11H,8-10H2,1-5H3/b7-6+,13-12+. The second-order valence-corrected chi connectivity index (χ2v) is 5.95. The van der Waals surface area contributed by atoms with E-state index in [1.807, 2.05) is 19.9 Å². The number of ketones is 1. The van der Waals surface area contributed by atoms with Crippen molar-refractivity contribution in [3.63, 3.8) is 0 Å². The summed E-state index contributed by atoms with van der Waals surface area (Å²) in [5.41, 5.74) is 2.69. The third kappa shape index (κ3) is 3.33. The van der Waals surface area contributed by atoms with E-state index in [4.69, 9.17) is 0 Å². The summed E-state index contributed by atoms with van der Waals surface area (Å²) in [6, 6.07) is 0. The van der Waals surface area contributed by atoms with Crippen LogP contribution in [0, 0.1) is 11.3 Å². The van der Waals surface area contributed by atoms with Gasteiger partial charge in [0, 0.05) is 0 Å². The van der Waals surface area contributed by atoms with Gasteiger partial charge in [-0.05, 0) is 56.1 Å². The van der Waals surface area contributed by atoms with Gasteiger partial charge in [0.2, 0.25) is 0 Å². The van der Waals surface area contributed by atoms with Gasteiger partial charge >= 0.3 is 0 Å². The predicted octanol–water partition coefficient (Wildman–Crippen LogP) is 4.29. The third-order valence-electron chi connectivity index (χ3n) is 3.41. The molecule has 16 heavy (non-hydrogen) atoms. The Hall–Kier alpha value is -0.850. The Morgan fingerprint density at radius 1 is 1.44 bits per heavy atom. The van der Waals surface area contributed by atoms with Crippen molar-refractivity contribution in [2.24, 2.45) is 11.3 Å². The van der Waals surface area contributed by atoms with Gasteiger partial charge in [-0.25, -0.2) is 0 Å². The van der Waals surface area contributed by atoms with Crippen molar-refractivity contribution >= 4 is 5.78 Å². The highest BCUT2D eigenvalue weighted by Crippen LogP contribution is 2.42. The SMILES string of the molecule is C/C=C/C(=O)/C(C)=C1\CC(C)CC(C)(C)C1. The fourth-order valence-electron chi connectivity index (χ4n) is 2.89. The molecule has 0 aromatic heterocycles. The zero-order valence-corrected chi connectivity index (χ0v) is 11.3. The first kappa shape index (κ1) is 13.2. The van der Waals surface area contributed by atoms with Crippen molar-refractivity contribution in [1.29, 1.82) is 0 Å². The number of allylic oxidation sites excluding steroid dienone is 4. The van der Waals surface area contributed by atoms with E-state index in [-0.39, 0.29) is 5.78 Å². The minimum absolute atomic E-state index is 0.183. The van der Waals surface area contributed by atoms with Crippen LogP contribution < -0.4 is 0 Å². The van der Waals surface area contributed by atoms with Crippen LogP contribution >= 0.6 is 0 Å². The number of carbonyl (C=O) groups excluding carboxylic acids is 1. The van der Waals surface area contributed by atoms with Crippen molar-refractivity contribution in [2.45, 2.75) is 53.9 Å². The van der Waals surface area contributed by atoms with Crippen molar-refractivity contribution in [3.05, 3.63) is 23.3 Å². The summed E-state index contributed by atoms with van der Waals surface area (Å²) in [5, 5.41) is 0. The Morgan fingerprint density at radius 2 is 2.06 bits per heavy atom. The maximum absolute atomic E-state index is 11.8. The Kier molecular flexibility index (Phi) is 4.12. The average molecular weight is 220 g/mol. The van der Waals surface area contributed by atoms with Gasteiger partial charge in [-0.2, -0.15) is 0 Å². The van der Waals surface area contributed by atoms with Gasteiger partial charge in [0.25, 0.3) is 0 Å². The highest BCUT2D eigenvalue weighted by Gasteiger charge is 2.29. The summed E-state index contributed by atoms with van der Waals surface area (Å²) in [6.45, 7) is 10.8. The molecule has 0 aromatic carbocycles. The van der Waals surface area contributed by atoms with E-state index < -0.39 is 0 Å². The summed E-state index contributed by atoms with van der Waals surface area (Å²) in [7, 11) is 0. The van der Waals surface area contributed by atoms with E-state index in [1.165, 1.54) is 12.0 Å². The van der Waals surface area contributed by atoms with E-state index in [2.05, 4.69) is 20.8 Å². The Bertz CT molecular complexity index is 331. The van der Waals surface area contributed by atoms with Crippen LogP contribution in [0.25, 0.3) is 0 Å². The molecule has 1 rings (SSSR count). The molecule has 0 amide bonds. The Labute approximate surface area is 99.6 Å². The average Bonchev–Trinajstić information content (AvgIpc) is 2.13. The van der Waals surface area contributed by atoms with Gasteiger partial charge in [-0.1, -0.05) is 32.4 Å². The molecular formula is C15H24O. The minimum atomic E-state index is 0.183. The van der Waals surface area contributed by atoms with E-state index in [0.717, 1.165) is 18.4 Å².